The minimum atomic E-state index is -0.290. The molecule has 4 rings (SSSR count). The number of likely N-dealkylation sites (tertiary alicyclic amines) is 1. The molecule has 1 amide bonds. The lowest BCUT2D eigenvalue weighted by Gasteiger charge is -2.26. The lowest BCUT2D eigenvalue weighted by atomic mass is 10.1. The number of benzene rings is 2. The van der Waals surface area contributed by atoms with Crippen molar-refractivity contribution in [2.45, 2.75) is 44.8 Å². The number of anilines is 1. The van der Waals surface area contributed by atoms with Crippen molar-refractivity contribution in [1.82, 2.24) is 19.7 Å². The summed E-state index contributed by atoms with van der Waals surface area (Å²) < 4.78 is 15.4. The quantitative estimate of drug-likeness (QED) is 0.524. The smallest absolute Gasteiger partial charge is 0.234 e. The Morgan fingerprint density at radius 2 is 1.78 bits per heavy atom. The number of hydrogen-bond acceptors (Lipinski definition) is 5. The summed E-state index contributed by atoms with van der Waals surface area (Å²) in [7, 11) is 0. The van der Waals surface area contributed by atoms with Crippen LogP contribution in [0, 0.1) is 19.7 Å². The average Bonchev–Trinajstić information content (AvgIpc) is 3.18. The summed E-state index contributed by atoms with van der Waals surface area (Å²) in [5.41, 5.74) is 3.89. The third-order valence-corrected chi connectivity index (χ3v) is 6.65. The maximum absolute atomic E-state index is 13.5. The Morgan fingerprint density at radius 3 is 2.50 bits per heavy atom. The van der Waals surface area contributed by atoms with E-state index in [1.165, 1.54) is 48.7 Å². The zero-order chi connectivity index (χ0) is 22.5. The Bertz CT molecular complexity index is 1080. The summed E-state index contributed by atoms with van der Waals surface area (Å²) >= 11 is 1.33. The van der Waals surface area contributed by atoms with E-state index >= 15 is 0 Å². The molecular weight excluding hydrogens is 425 g/mol. The van der Waals surface area contributed by atoms with Gasteiger partial charge in [-0.1, -0.05) is 24.2 Å². The van der Waals surface area contributed by atoms with Gasteiger partial charge >= 0.3 is 0 Å². The maximum Gasteiger partial charge on any atom is 0.234 e. The number of aromatic nitrogens is 3. The van der Waals surface area contributed by atoms with Crippen molar-refractivity contribution in [1.29, 1.82) is 0 Å². The molecule has 2 heterocycles. The maximum atomic E-state index is 13.5. The summed E-state index contributed by atoms with van der Waals surface area (Å²) in [5.74, 6) is 0.608. The normalized spacial score (nSPS) is 14.5. The molecule has 1 aromatic heterocycles. The fraction of sp³-hybridized carbons (Fsp3) is 0.375. The lowest BCUT2D eigenvalue weighted by molar-refractivity contribution is -0.113. The van der Waals surface area contributed by atoms with Crippen molar-refractivity contribution in [3.63, 3.8) is 0 Å². The van der Waals surface area contributed by atoms with Crippen LogP contribution in [-0.2, 0) is 11.3 Å². The van der Waals surface area contributed by atoms with Gasteiger partial charge in [0.25, 0.3) is 0 Å². The van der Waals surface area contributed by atoms with Crippen LogP contribution in [0.1, 0.15) is 36.2 Å². The first-order chi connectivity index (χ1) is 15.5. The van der Waals surface area contributed by atoms with E-state index in [1.807, 2.05) is 36.6 Å². The molecule has 1 fully saturated rings. The third kappa shape index (κ3) is 5.55. The van der Waals surface area contributed by atoms with Crippen LogP contribution in [0.5, 0.6) is 0 Å². The van der Waals surface area contributed by atoms with Gasteiger partial charge in [-0.25, -0.2) is 4.39 Å². The summed E-state index contributed by atoms with van der Waals surface area (Å²) in [6.07, 6.45) is 3.63. The molecule has 1 aliphatic rings. The third-order valence-electron chi connectivity index (χ3n) is 5.72. The number of thioether (sulfide) groups is 1. The first kappa shape index (κ1) is 22.5. The number of nitrogens with one attached hydrogen (secondary N) is 1. The van der Waals surface area contributed by atoms with E-state index in [9.17, 15) is 9.18 Å². The van der Waals surface area contributed by atoms with Gasteiger partial charge in [-0.3, -0.25) is 14.3 Å². The van der Waals surface area contributed by atoms with Gasteiger partial charge in [0.2, 0.25) is 5.91 Å². The number of aryl methyl sites for hydroxylation is 2. The Hall–Kier alpha value is -2.71. The highest BCUT2D eigenvalue weighted by Crippen LogP contribution is 2.24. The van der Waals surface area contributed by atoms with E-state index < -0.39 is 0 Å². The Balaban J connectivity index is 1.50. The highest BCUT2D eigenvalue weighted by atomic mass is 32.2. The molecule has 3 aromatic rings. The topological polar surface area (TPSA) is 63.1 Å². The van der Waals surface area contributed by atoms with E-state index in [2.05, 4.69) is 20.4 Å². The van der Waals surface area contributed by atoms with Gasteiger partial charge in [-0.2, -0.15) is 0 Å². The second-order valence-corrected chi connectivity index (χ2v) is 9.13. The Labute approximate surface area is 192 Å². The van der Waals surface area contributed by atoms with Gasteiger partial charge in [-0.05, 0) is 87.3 Å². The summed E-state index contributed by atoms with van der Waals surface area (Å²) in [4.78, 5) is 14.9. The van der Waals surface area contributed by atoms with Crippen LogP contribution in [0.15, 0.2) is 47.6 Å². The molecule has 0 spiro atoms. The molecule has 0 aliphatic carbocycles. The van der Waals surface area contributed by atoms with Gasteiger partial charge in [-0.15, -0.1) is 10.2 Å². The largest absolute Gasteiger partial charge is 0.325 e. The minimum Gasteiger partial charge on any atom is -0.325 e. The SMILES string of the molecule is Cc1ccc(NC(=O)CSc2nnc(CN3CCCCC3)n2-c2ccc(F)cc2)cc1C. The molecule has 2 aromatic carbocycles. The highest BCUT2D eigenvalue weighted by molar-refractivity contribution is 7.99. The zero-order valence-corrected chi connectivity index (χ0v) is 19.3. The lowest BCUT2D eigenvalue weighted by Crippen LogP contribution is -2.30. The summed E-state index contributed by atoms with van der Waals surface area (Å²) in [5, 5.41) is 12.3. The van der Waals surface area contributed by atoms with Crippen LogP contribution in [-0.4, -0.2) is 44.4 Å². The van der Waals surface area contributed by atoms with E-state index in [1.54, 1.807) is 12.1 Å². The molecule has 168 valence electrons. The number of carbonyl (C=O) groups is 1. The molecular formula is C24H28FN5OS. The Kier molecular flexibility index (Phi) is 7.22. The highest BCUT2D eigenvalue weighted by Gasteiger charge is 2.19. The number of piperidine rings is 1. The molecule has 6 nitrogen and oxygen atoms in total. The second-order valence-electron chi connectivity index (χ2n) is 8.18. The second kappa shape index (κ2) is 10.3. The van der Waals surface area contributed by atoms with Crippen molar-refractivity contribution < 1.29 is 9.18 Å². The fourth-order valence-electron chi connectivity index (χ4n) is 3.81. The predicted octanol–water partition coefficient (Wildman–Crippen LogP) is 4.74. The summed E-state index contributed by atoms with van der Waals surface area (Å²) in [6, 6.07) is 12.2. The van der Waals surface area contributed by atoms with Crippen LogP contribution in [0.4, 0.5) is 10.1 Å². The van der Waals surface area contributed by atoms with E-state index in [0.717, 1.165) is 35.9 Å². The van der Waals surface area contributed by atoms with E-state index in [-0.39, 0.29) is 17.5 Å². The monoisotopic (exact) mass is 453 g/mol. The van der Waals surface area contributed by atoms with Gasteiger partial charge in [0, 0.05) is 11.4 Å². The Morgan fingerprint density at radius 1 is 1.03 bits per heavy atom. The standard InChI is InChI=1S/C24H28FN5OS/c1-17-6-9-20(14-18(17)2)26-23(31)16-32-24-28-27-22(15-29-12-4-3-5-13-29)30(24)21-10-7-19(25)8-11-21/h6-11,14H,3-5,12-13,15-16H2,1-2H3,(H,26,31). The molecule has 8 heteroatoms. The van der Waals surface area contributed by atoms with Crippen LogP contribution < -0.4 is 5.32 Å². The van der Waals surface area contributed by atoms with Gasteiger partial charge in [0.05, 0.1) is 12.3 Å². The zero-order valence-electron chi connectivity index (χ0n) is 18.5. The van der Waals surface area contributed by atoms with Crippen LogP contribution >= 0.6 is 11.8 Å². The number of rotatable bonds is 7. The summed E-state index contributed by atoms with van der Waals surface area (Å²) in [6.45, 7) is 6.82. The minimum absolute atomic E-state index is 0.107. The van der Waals surface area contributed by atoms with Crippen LogP contribution in [0.25, 0.3) is 5.69 Å². The molecule has 1 saturated heterocycles. The molecule has 1 aliphatic heterocycles. The molecule has 0 radical (unpaired) electrons. The van der Waals surface area contributed by atoms with Crippen molar-refractivity contribution in [3.05, 3.63) is 65.2 Å². The van der Waals surface area contributed by atoms with E-state index in [4.69, 9.17) is 0 Å². The first-order valence-electron chi connectivity index (χ1n) is 10.9. The van der Waals surface area contributed by atoms with E-state index in [0.29, 0.717) is 11.7 Å². The molecule has 1 N–H and O–H groups in total. The van der Waals surface area contributed by atoms with Gasteiger partial charge in [0.1, 0.15) is 5.82 Å². The van der Waals surface area contributed by atoms with Crippen molar-refractivity contribution >= 4 is 23.4 Å². The number of amides is 1. The van der Waals surface area contributed by atoms with Crippen molar-refractivity contribution in [3.8, 4) is 5.69 Å². The number of halogens is 1. The number of hydrogen-bond donors (Lipinski definition) is 1. The molecule has 0 bridgehead atoms. The number of nitrogens with zero attached hydrogens (tertiary/aromatic N) is 4. The van der Waals surface area contributed by atoms with Crippen molar-refractivity contribution in [2.75, 3.05) is 24.2 Å². The van der Waals surface area contributed by atoms with Gasteiger partial charge < -0.3 is 5.32 Å². The van der Waals surface area contributed by atoms with Crippen molar-refractivity contribution in [2.24, 2.45) is 0 Å². The molecule has 0 atom stereocenters. The molecule has 0 saturated carbocycles. The fourth-order valence-corrected chi connectivity index (χ4v) is 4.58. The van der Waals surface area contributed by atoms with Crippen LogP contribution in [0.2, 0.25) is 0 Å². The average molecular weight is 454 g/mol. The molecule has 32 heavy (non-hydrogen) atoms. The van der Waals surface area contributed by atoms with Crippen LogP contribution in [0.3, 0.4) is 0 Å². The molecule has 0 unspecified atom stereocenters. The first-order valence-corrected chi connectivity index (χ1v) is 11.9. The van der Waals surface area contributed by atoms with Gasteiger partial charge in [0.15, 0.2) is 11.0 Å². The predicted molar refractivity (Wildman–Crippen MR) is 126 cm³/mol. The number of carbonyl (C=O) groups excluding carboxylic acids is 1.